The molecule has 1 fully saturated rings. The van der Waals surface area contributed by atoms with Crippen LogP contribution in [0.4, 0.5) is 0 Å². The molecule has 0 aliphatic carbocycles. The van der Waals surface area contributed by atoms with Crippen LogP contribution in [0.3, 0.4) is 0 Å². The van der Waals surface area contributed by atoms with Gasteiger partial charge in [-0.3, -0.25) is 0 Å². The van der Waals surface area contributed by atoms with Crippen LogP contribution in [-0.2, 0) is 0 Å². The average Bonchev–Trinajstić information content (AvgIpc) is 1.69. The second kappa shape index (κ2) is 3.04. The van der Waals surface area contributed by atoms with Crippen molar-refractivity contribution in [3.8, 4) is 0 Å². The van der Waals surface area contributed by atoms with E-state index in [-0.39, 0.29) is 0 Å². The summed E-state index contributed by atoms with van der Waals surface area (Å²) in [4.78, 5) is 0. The highest BCUT2D eigenvalue weighted by molar-refractivity contribution is 9.39. The van der Waals surface area contributed by atoms with E-state index in [0.717, 1.165) is 0 Å². The standard InChI is InChI=1S/C5H10BrP/c6-7-4-2-1-3-5-7/h1-5H2. The lowest BCUT2D eigenvalue weighted by Gasteiger charge is -2.14. The van der Waals surface area contributed by atoms with Gasteiger partial charge >= 0.3 is 0 Å². The molecule has 0 aromatic heterocycles. The van der Waals surface area contributed by atoms with E-state index in [1.165, 1.54) is 31.6 Å². The largest absolute Gasteiger partial charge is 0.0605 e. The van der Waals surface area contributed by atoms with Crippen LogP contribution in [0.25, 0.3) is 0 Å². The fourth-order valence-corrected chi connectivity index (χ4v) is 3.72. The highest BCUT2D eigenvalue weighted by Crippen LogP contribution is 2.48. The van der Waals surface area contributed by atoms with Crippen molar-refractivity contribution in [2.24, 2.45) is 0 Å². The molecule has 0 bridgehead atoms. The number of hydrogen-bond acceptors (Lipinski definition) is 0. The predicted octanol–water partition coefficient (Wildman–Crippen LogP) is 2.96. The maximum atomic E-state index is 3.65. The zero-order valence-corrected chi connectivity index (χ0v) is 6.84. The highest BCUT2D eigenvalue weighted by atomic mass is 79.9. The summed E-state index contributed by atoms with van der Waals surface area (Å²) in [6.07, 6.45) is 7.35. The molecule has 1 heterocycles. The van der Waals surface area contributed by atoms with Gasteiger partial charge in [-0.15, -0.1) is 0 Å². The molecule has 0 spiro atoms. The second-order valence-corrected chi connectivity index (χ2v) is 6.80. The molecule has 1 saturated heterocycles. The average molecular weight is 181 g/mol. The summed E-state index contributed by atoms with van der Waals surface area (Å²) < 4.78 is 0. The lowest BCUT2D eigenvalue weighted by molar-refractivity contribution is 0.758. The minimum absolute atomic E-state index is 0.321. The first-order chi connectivity index (χ1) is 3.39. The van der Waals surface area contributed by atoms with Crippen molar-refractivity contribution in [3.05, 3.63) is 0 Å². The molecular formula is C5H10BrP. The van der Waals surface area contributed by atoms with E-state index in [1.54, 1.807) is 0 Å². The van der Waals surface area contributed by atoms with Gasteiger partial charge in [0.1, 0.15) is 0 Å². The van der Waals surface area contributed by atoms with Crippen LogP contribution in [0, 0.1) is 0 Å². The van der Waals surface area contributed by atoms with Crippen LogP contribution in [0.15, 0.2) is 0 Å². The second-order valence-electron chi connectivity index (χ2n) is 1.97. The zero-order chi connectivity index (χ0) is 5.11. The Morgan fingerprint density at radius 1 is 1.00 bits per heavy atom. The van der Waals surface area contributed by atoms with Crippen molar-refractivity contribution in [1.29, 1.82) is 0 Å². The summed E-state index contributed by atoms with van der Waals surface area (Å²) in [6, 6.07) is 0. The third-order valence-corrected chi connectivity index (χ3v) is 5.03. The zero-order valence-electron chi connectivity index (χ0n) is 4.36. The minimum atomic E-state index is 0.321. The van der Waals surface area contributed by atoms with Crippen LogP contribution in [0.2, 0.25) is 0 Å². The minimum Gasteiger partial charge on any atom is -0.0605 e. The molecule has 0 nitrogen and oxygen atoms in total. The van der Waals surface area contributed by atoms with Gasteiger partial charge in [-0.2, -0.15) is 0 Å². The van der Waals surface area contributed by atoms with Crippen LogP contribution in [0.1, 0.15) is 19.3 Å². The molecule has 0 radical (unpaired) electrons. The smallest absolute Gasteiger partial charge is 0.0227 e. The summed E-state index contributed by atoms with van der Waals surface area (Å²) in [5, 5.41) is 0. The first-order valence-electron chi connectivity index (χ1n) is 2.80. The highest BCUT2D eigenvalue weighted by Gasteiger charge is 2.07. The normalized spacial score (nSPS) is 25.3. The molecule has 1 aliphatic rings. The third-order valence-electron chi connectivity index (χ3n) is 1.30. The van der Waals surface area contributed by atoms with Crippen LogP contribution >= 0.6 is 22.1 Å². The SMILES string of the molecule is BrP1CCCCC1. The van der Waals surface area contributed by atoms with Crippen LogP contribution < -0.4 is 0 Å². The Balaban J connectivity index is 2.12. The Bertz CT molecular complexity index is 50.0. The fourth-order valence-electron chi connectivity index (χ4n) is 0.855. The predicted molar refractivity (Wildman–Crippen MR) is 39.4 cm³/mol. The summed E-state index contributed by atoms with van der Waals surface area (Å²) in [6.45, 7) is 0.321. The van der Waals surface area contributed by atoms with E-state index in [2.05, 4.69) is 15.5 Å². The molecule has 0 saturated carbocycles. The van der Waals surface area contributed by atoms with Gasteiger partial charge in [0.05, 0.1) is 0 Å². The maximum Gasteiger partial charge on any atom is -0.0227 e. The Labute approximate surface area is 54.2 Å². The van der Waals surface area contributed by atoms with Gasteiger partial charge < -0.3 is 0 Å². The molecular weight excluding hydrogens is 171 g/mol. The molecule has 0 amide bonds. The van der Waals surface area contributed by atoms with Gasteiger partial charge in [-0.1, -0.05) is 21.9 Å². The molecule has 1 aliphatic heterocycles. The van der Waals surface area contributed by atoms with Crippen molar-refractivity contribution in [2.45, 2.75) is 19.3 Å². The molecule has 0 atom stereocenters. The van der Waals surface area contributed by atoms with E-state index >= 15 is 0 Å². The van der Waals surface area contributed by atoms with Gasteiger partial charge in [-0.25, -0.2) is 0 Å². The Kier molecular flexibility index (Phi) is 2.62. The van der Waals surface area contributed by atoms with E-state index in [9.17, 15) is 0 Å². The maximum absolute atomic E-state index is 3.65. The Morgan fingerprint density at radius 3 is 1.86 bits per heavy atom. The molecule has 42 valence electrons. The van der Waals surface area contributed by atoms with Crippen molar-refractivity contribution in [3.63, 3.8) is 0 Å². The lowest BCUT2D eigenvalue weighted by Crippen LogP contribution is -1.93. The number of rotatable bonds is 0. The van der Waals surface area contributed by atoms with E-state index in [1.807, 2.05) is 0 Å². The van der Waals surface area contributed by atoms with Crippen molar-refractivity contribution >= 4 is 22.1 Å². The molecule has 2 heteroatoms. The van der Waals surface area contributed by atoms with E-state index in [4.69, 9.17) is 0 Å². The van der Waals surface area contributed by atoms with Gasteiger partial charge in [0, 0.05) is 0 Å². The van der Waals surface area contributed by atoms with Gasteiger partial charge in [0.2, 0.25) is 0 Å². The van der Waals surface area contributed by atoms with Crippen molar-refractivity contribution < 1.29 is 0 Å². The van der Waals surface area contributed by atoms with Crippen molar-refractivity contribution in [2.75, 3.05) is 12.3 Å². The number of hydrogen-bond donors (Lipinski definition) is 0. The van der Waals surface area contributed by atoms with Crippen LogP contribution in [-0.4, -0.2) is 12.3 Å². The molecule has 0 N–H and O–H groups in total. The van der Waals surface area contributed by atoms with Gasteiger partial charge in [0.25, 0.3) is 0 Å². The molecule has 1 rings (SSSR count). The summed E-state index contributed by atoms with van der Waals surface area (Å²) >= 11 is 3.65. The van der Waals surface area contributed by atoms with Gasteiger partial charge in [0.15, 0.2) is 0 Å². The monoisotopic (exact) mass is 180 g/mol. The first kappa shape index (κ1) is 6.04. The molecule has 0 aromatic carbocycles. The summed E-state index contributed by atoms with van der Waals surface area (Å²) in [7, 11) is 0. The first-order valence-corrected chi connectivity index (χ1v) is 6.53. The van der Waals surface area contributed by atoms with Gasteiger partial charge in [-0.05, 0) is 31.8 Å². The quantitative estimate of drug-likeness (QED) is 0.504. The number of halogens is 1. The van der Waals surface area contributed by atoms with Crippen molar-refractivity contribution in [1.82, 2.24) is 0 Å². The Hall–Kier alpha value is 0.910. The lowest BCUT2D eigenvalue weighted by atomic mass is 10.3. The third kappa shape index (κ3) is 2.10. The fraction of sp³-hybridized carbons (Fsp3) is 1.00. The van der Waals surface area contributed by atoms with Crippen LogP contribution in [0.5, 0.6) is 0 Å². The summed E-state index contributed by atoms with van der Waals surface area (Å²) in [5.74, 6) is 0. The summed E-state index contributed by atoms with van der Waals surface area (Å²) in [5.41, 5.74) is 0. The molecule has 0 unspecified atom stereocenters. The molecule has 7 heavy (non-hydrogen) atoms. The Morgan fingerprint density at radius 2 is 1.57 bits per heavy atom. The van der Waals surface area contributed by atoms with E-state index in [0.29, 0.717) is 6.62 Å². The molecule has 0 aromatic rings. The topological polar surface area (TPSA) is 0 Å². The van der Waals surface area contributed by atoms with E-state index < -0.39 is 0 Å².